The van der Waals surface area contributed by atoms with Crippen molar-refractivity contribution in [2.75, 3.05) is 12.3 Å². The Morgan fingerprint density at radius 1 is 1.33 bits per heavy atom. The fourth-order valence-corrected chi connectivity index (χ4v) is 3.89. The first-order valence-corrected chi connectivity index (χ1v) is 9.62. The van der Waals surface area contributed by atoms with Gasteiger partial charge in [0.15, 0.2) is 0 Å². The Bertz CT molecular complexity index is 592. The summed E-state index contributed by atoms with van der Waals surface area (Å²) in [5.41, 5.74) is 0. The summed E-state index contributed by atoms with van der Waals surface area (Å²) in [6, 6.07) is 0.284. The van der Waals surface area contributed by atoms with Crippen LogP contribution in [-0.4, -0.2) is 45.3 Å². The molecule has 2 fully saturated rings. The fraction of sp³-hybridized carbons (Fsp3) is 0.750. The van der Waals surface area contributed by atoms with E-state index >= 15 is 0 Å². The number of hydrogen-bond acceptors (Lipinski definition) is 6. The molecule has 2 amide bonds. The van der Waals surface area contributed by atoms with Crippen molar-refractivity contribution < 1.29 is 14.0 Å². The number of likely N-dealkylation sites (tertiary alicyclic amines) is 1. The molecule has 24 heavy (non-hydrogen) atoms. The highest BCUT2D eigenvalue weighted by Crippen LogP contribution is 2.24. The summed E-state index contributed by atoms with van der Waals surface area (Å²) >= 11 is 1.24. The third-order valence-corrected chi connectivity index (χ3v) is 5.55. The number of thioether (sulfide) groups is 1. The van der Waals surface area contributed by atoms with Crippen molar-refractivity contribution in [3.8, 4) is 0 Å². The van der Waals surface area contributed by atoms with Crippen molar-refractivity contribution in [1.29, 1.82) is 0 Å². The van der Waals surface area contributed by atoms with Crippen molar-refractivity contribution in [3.05, 3.63) is 5.89 Å². The molecule has 8 heteroatoms. The molecular weight excluding hydrogens is 328 g/mol. The van der Waals surface area contributed by atoms with Gasteiger partial charge in [0.05, 0.1) is 12.3 Å². The number of carbonyl (C=O) groups excluding carboxylic acids is 2. The second kappa shape index (κ2) is 8.00. The highest BCUT2D eigenvalue weighted by molar-refractivity contribution is 7.99. The van der Waals surface area contributed by atoms with Crippen LogP contribution in [0.25, 0.3) is 0 Å². The number of rotatable bonds is 6. The lowest BCUT2D eigenvalue weighted by Crippen LogP contribution is -2.41. The smallest absolute Gasteiger partial charge is 0.277 e. The molecule has 132 valence electrons. The van der Waals surface area contributed by atoms with Crippen molar-refractivity contribution in [1.82, 2.24) is 20.4 Å². The summed E-state index contributed by atoms with van der Waals surface area (Å²) in [6.07, 6.45) is 6.16. The average Bonchev–Trinajstić information content (AvgIpc) is 3.18. The van der Waals surface area contributed by atoms with Gasteiger partial charge in [0, 0.05) is 19.0 Å². The van der Waals surface area contributed by atoms with Gasteiger partial charge in [-0.25, -0.2) is 0 Å². The van der Waals surface area contributed by atoms with E-state index in [9.17, 15) is 9.59 Å². The topological polar surface area (TPSA) is 88.3 Å². The molecule has 2 heterocycles. The van der Waals surface area contributed by atoms with E-state index in [0.29, 0.717) is 30.0 Å². The minimum atomic E-state index is 0.00761. The lowest BCUT2D eigenvalue weighted by Gasteiger charge is -2.29. The first kappa shape index (κ1) is 17.3. The molecule has 3 rings (SSSR count). The Kier molecular flexibility index (Phi) is 5.76. The molecule has 0 radical (unpaired) electrons. The van der Waals surface area contributed by atoms with Gasteiger partial charge < -0.3 is 14.6 Å². The zero-order valence-corrected chi connectivity index (χ0v) is 14.8. The van der Waals surface area contributed by atoms with E-state index in [1.165, 1.54) is 31.0 Å². The van der Waals surface area contributed by atoms with Gasteiger partial charge in [0.25, 0.3) is 5.22 Å². The van der Waals surface area contributed by atoms with Gasteiger partial charge in [0.2, 0.25) is 17.7 Å². The largest absolute Gasteiger partial charge is 0.414 e. The summed E-state index contributed by atoms with van der Waals surface area (Å²) < 4.78 is 5.52. The van der Waals surface area contributed by atoms with Crippen molar-refractivity contribution in [3.63, 3.8) is 0 Å². The summed E-state index contributed by atoms with van der Waals surface area (Å²) in [6.45, 7) is 3.30. The molecule has 7 nitrogen and oxygen atoms in total. The number of carbonyl (C=O) groups is 2. The van der Waals surface area contributed by atoms with Gasteiger partial charge in [-0.1, -0.05) is 31.5 Å². The van der Waals surface area contributed by atoms with E-state index < -0.39 is 0 Å². The van der Waals surface area contributed by atoms with Gasteiger partial charge >= 0.3 is 0 Å². The second-order valence-corrected chi connectivity index (χ2v) is 7.53. The van der Waals surface area contributed by atoms with Crippen LogP contribution < -0.4 is 5.32 Å². The van der Waals surface area contributed by atoms with Crippen LogP contribution in [0, 0.1) is 5.92 Å². The van der Waals surface area contributed by atoms with E-state index in [1.807, 2.05) is 0 Å². The SMILES string of the molecule is C[C@H]1CCCC[C@@H]1NC(=O)CSc1nnc(CN2CCCC2=O)o1. The van der Waals surface area contributed by atoms with Gasteiger partial charge in [-0.15, -0.1) is 10.2 Å². The summed E-state index contributed by atoms with van der Waals surface area (Å²) in [5, 5.41) is 11.4. The molecule has 0 spiro atoms. The van der Waals surface area contributed by atoms with Gasteiger partial charge in [-0.05, 0) is 25.2 Å². The van der Waals surface area contributed by atoms with Crippen LogP contribution in [0.3, 0.4) is 0 Å². The van der Waals surface area contributed by atoms with E-state index in [2.05, 4.69) is 22.4 Å². The fourth-order valence-electron chi connectivity index (χ4n) is 3.30. The predicted octanol–water partition coefficient (Wildman–Crippen LogP) is 1.98. The number of hydrogen-bond donors (Lipinski definition) is 1. The molecule has 1 saturated heterocycles. The van der Waals surface area contributed by atoms with Crippen LogP contribution in [0.15, 0.2) is 9.64 Å². The molecule has 0 unspecified atom stereocenters. The maximum absolute atomic E-state index is 12.1. The molecule has 1 aromatic heterocycles. The molecule has 1 aliphatic carbocycles. The quantitative estimate of drug-likeness (QED) is 0.788. The average molecular weight is 352 g/mol. The summed E-state index contributed by atoms with van der Waals surface area (Å²) in [7, 11) is 0. The molecule has 0 bridgehead atoms. The van der Waals surface area contributed by atoms with Crippen molar-refractivity contribution in [2.24, 2.45) is 5.92 Å². The van der Waals surface area contributed by atoms with Crippen LogP contribution in [0.1, 0.15) is 51.3 Å². The first-order valence-electron chi connectivity index (χ1n) is 8.64. The molecule has 2 aliphatic rings. The van der Waals surface area contributed by atoms with Crippen molar-refractivity contribution in [2.45, 2.75) is 63.3 Å². The Labute approximate surface area is 145 Å². The molecule has 1 aliphatic heterocycles. The van der Waals surface area contributed by atoms with Gasteiger partial charge in [-0.3, -0.25) is 9.59 Å². The normalized spacial score (nSPS) is 24.4. The maximum atomic E-state index is 12.1. The van der Waals surface area contributed by atoms with E-state index in [-0.39, 0.29) is 23.6 Å². The second-order valence-electron chi connectivity index (χ2n) is 6.60. The van der Waals surface area contributed by atoms with E-state index in [0.717, 1.165) is 19.4 Å². The Hall–Kier alpha value is -1.57. The predicted molar refractivity (Wildman–Crippen MR) is 89.2 cm³/mol. The molecular formula is C16H24N4O3S. The van der Waals surface area contributed by atoms with Gasteiger partial charge in [-0.2, -0.15) is 0 Å². The number of amides is 2. The lowest BCUT2D eigenvalue weighted by molar-refractivity contribution is -0.128. The molecule has 0 aromatic carbocycles. The minimum absolute atomic E-state index is 0.00761. The Morgan fingerprint density at radius 2 is 2.17 bits per heavy atom. The Balaban J connectivity index is 1.43. The highest BCUT2D eigenvalue weighted by atomic mass is 32.2. The van der Waals surface area contributed by atoms with Crippen LogP contribution in [0.2, 0.25) is 0 Å². The first-order chi connectivity index (χ1) is 11.6. The lowest BCUT2D eigenvalue weighted by atomic mass is 9.86. The molecule has 2 atom stereocenters. The number of nitrogens with one attached hydrogen (secondary N) is 1. The molecule has 1 N–H and O–H groups in total. The van der Waals surface area contributed by atoms with Crippen LogP contribution in [-0.2, 0) is 16.1 Å². The van der Waals surface area contributed by atoms with E-state index in [4.69, 9.17) is 4.42 Å². The molecule has 1 aromatic rings. The van der Waals surface area contributed by atoms with Crippen LogP contribution in [0.5, 0.6) is 0 Å². The zero-order valence-electron chi connectivity index (χ0n) is 14.0. The summed E-state index contributed by atoms with van der Waals surface area (Å²) in [5.74, 6) is 1.37. The van der Waals surface area contributed by atoms with Gasteiger partial charge in [0.1, 0.15) is 0 Å². The van der Waals surface area contributed by atoms with Crippen LogP contribution in [0.4, 0.5) is 0 Å². The number of nitrogens with zero attached hydrogens (tertiary/aromatic N) is 3. The zero-order chi connectivity index (χ0) is 16.9. The maximum Gasteiger partial charge on any atom is 0.277 e. The van der Waals surface area contributed by atoms with Crippen molar-refractivity contribution >= 4 is 23.6 Å². The Morgan fingerprint density at radius 3 is 2.92 bits per heavy atom. The van der Waals surface area contributed by atoms with Crippen LogP contribution >= 0.6 is 11.8 Å². The summed E-state index contributed by atoms with van der Waals surface area (Å²) in [4.78, 5) is 25.4. The monoisotopic (exact) mass is 352 g/mol. The number of aromatic nitrogens is 2. The van der Waals surface area contributed by atoms with E-state index in [1.54, 1.807) is 4.90 Å². The minimum Gasteiger partial charge on any atom is -0.414 e. The third kappa shape index (κ3) is 4.49. The molecule has 1 saturated carbocycles. The standard InChI is InChI=1S/C16H24N4O3S/c1-11-5-2-3-6-12(11)17-13(21)10-24-16-19-18-14(23-16)9-20-8-4-7-15(20)22/h11-12H,2-10H2,1H3,(H,17,21)/t11-,12-/m0/s1. The third-order valence-electron chi connectivity index (χ3n) is 4.73. The highest BCUT2D eigenvalue weighted by Gasteiger charge is 2.24.